The molecule has 0 aliphatic carbocycles. The van der Waals surface area contributed by atoms with Gasteiger partial charge in [-0.2, -0.15) is 0 Å². The van der Waals surface area contributed by atoms with Crippen molar-refractivity contribution in [2.24, 2.45) is 0 Å². The topological polar surface area (TPSA) is 51.2 Å². The van der Waals surface area contributed by atoms with Crippen LogP contribution in [-0.2, 0) is 9.53 Å². The Kier molecular flexibility index (Phi) is 3.71. The molecule has 1 aromatic rings. The van der Waals surface area contributed by atoms with Crippen LogP contribution in [0.4, 0.5) is 5.69 Å². The first-order chi connectivity index (χ1) is 6.65. The summed E-state index contributed by atoms with van der Waals surface area (Å²) in [7, 11) is 1.34. The van der Waals surface area contributed by atoms with Crippen molar-refractivity contribution in [2.45, 2.75) is 13.0 Å². The van der Waals surface area contributed by atoms with E-state index in [4.69, 9.17) is 11.6 Å². The Balaban J connectivity index is 2.69. The van der Waals surface area contributed by atoms with Gasteiger partial charge in [0.2, 0.25) is 0 Å². The van der Waals surface area contributed by atoms with E-state index in [0.29, 0.717) is 10.8 Å². The molecule has 0 aliphatic rings. The van der Waals surface area contributed by atoms with Crippen molar-refractivity contribution in [1.82, 2.24) is 4.98 Å². The van der Waals surface area contributed by atoms with Crippen LogP contribution in [0.2, 0.25) is 5.15 Å². The number of esters is 1. The third-order valence-electron chi connectivity index (χ3n) is 1.69. The zero-order chi connectivity index (χ0) is 10.6. The molecule has 76 valence electrons. The van der Waals surface area contributed by atoms with E-state index in [0.717, 1.165) is 0 Å². The fourth-order valence-electron chi connectivity index (χ4n) is 0.963. The maximum Gasteiger partial charge on any atom is 0.327 e. The van der Waals surface area contributed by atoms with Crippen LogP contribution in [0.15, 0.2) is 18.3 Å². The molecule has 1 heterocycles. The second kappa shape index (κ2) is 4.81. The Morgan fingerprint density at radius 3 is 3.00 bits per heavy atom. The van der Waals surface area contributed by atoms with Gasteiger partial charge in [-0.05, 0) is 19.1 Å². The first kappa shape index (κ1) is 10.8. The number of aromatic nitrogens is 1. The largest absolute Gasteiger partial charge is 0.467 e. The highest BCUT2D eigenvalue weighted by Gasteiger charge is 2.13. The molecule has 0 saturated heterocycles. The highest BCUT2D eigenvalue weighted by Crippen LogP contribution is 2.18. The summed E-state index contributed by atoms with van der Waals surface area (Å²) in [4.78, 5) is 14.9. The van der Waals surface area contributed by atoms with Crippen molar-refractivity contribution < 1.29 is 9.53 Å². The number of ether oxygens (including phenoxy) is 1. The highest BCUT2D eigenvalue weighted by molar-refractivity contribution is 6.32. The Morgan fingerprint density at radius 2 is 2.43 bits per heavy atom. The third kappa shape index (κ3) is 2.60. The van der Waals surface area contributed by atoms with Crippen LogP contribution in [-0.4, -0.2) is 24.1 Å². The summed E-state index contributed by atoms with van der Waals surface area (Å²) in [6.07, 6.45) is 1.58. The van der Waals surface area contributed by atoms with E-state index in [1.807, 2.05) is 0 Å². The first-order valence-electron chi connectivity index (χ1n) is 4.10. The average molecular weight is 215 g/mol. The van der Waals surface area contributed by atoms with E-state index in [1.54, 1.807) is 25.3 Å². The predicted octanol–water partition coefficient (Wildman–Crippen LogP) is 1.71. The van der Waals surface area contributed by atoms with Gasteiger partial charge < -0.3 is 10.1 Å². The molecule has 0 spiro atoms. The number of methoxy groups -OCH3 is 1. The number of hydrogen-bond acceptors (Lipinski definition) is 4. The number of halogens is 1. The van der Waals surface area contributed by atoms with Crippen molar-refractivity contribution in [3.8, 4) is 0 Å². The van der Waals surface area contributed by atoms with Gasteiger partial charge in [-0.25, -0.2) is 9.78 Å². The second-order valence-corrected chi connectivity index (χ2v) is 3.09. The van der Waals surface area contributed by atoms with Gasteiger partial charge in [0.25, 0.3) is 0 Å². The average Bonchev–Trinajstić information content (AvgIpc) is 2.20. The summed E-state index contributed by atoms with van der Waals surface area (Å²) in [6.45, 7) is 1.69. The van der Waals surface area contributed by atoms with Crippen molar-refractivity contribution in [1.29, 1.82) is 0 Å². The minimum absolute atomic E-state index is 0.336. The van der Waals surface area contributed by atoms with Crippen LogP contribution >= 0.6 is 11.6 Å². The van der Waals surface area contributed by atoms with Gasteiger partial charge in [-0.3, -0.25) is 0 Å². The Labute approximate surface area is 87.2 Å². The second-order valence-electron chi connectivity index (χ2n) is 2.73. The van der Waals surface area contributed by atoms with Gasteiger partial charge in [0.05, 0.1) is 12.8 Å². The molecule has 0 amide bonds. The Bertz CT molecular complexity index is 330. The smallest absolute Gasteiger partial charge is 0.327 e. The molecular weight excluding hydrogens is 204 g/mol. The van der Waals surface area contributed by atoms with Crippen LogP contribution in [0.25, 0.3) is 0 Å². The van der Waals surface area contributed by atoms with Gasteiger partial charge in [0.15, 0.2) is 5.15 Å². The monoisotopic (exact) mass is 214 g/mol. The van der Waals surface area contributed by atoms with Crippen LogP contribution in [0.1, 0.15) is 6.92 Å². The Morgan fingerprint density at radius 1 is 1.71 bits per heavy atom. The molecule has 5 heteroatoms. The predicted molar refractivity (Wildman–Crippen MR) is 54.3 cm³/mol. The molecule has 0 radical (unpaired) electrons. The molecule has 1 aromatic heterocycles. The maximum atomic E-state index is 11.1. The molecule has 1 N–H and O–H groups in total. The molecule has 0 aliphatic heterocycles. The zero-order valence-corrected chi connectivity index (χ0v) is 8.71. The molecule has 4 nitrogen and oxygen atoms in total. The van der Waals surface area contributed by atoms with E-state index in [-0.39, 0.29) is 5.97 Å². The molecule has 0 saturated carbocycles. The fraction of sp³-hybridized carbons (Fsp3) is 0.333. The number of carbonyl (C=O) groups is 1. The van der Waals surface area contributed by atoms with Crippen LogP contribution in [0.3, 0.4) is 0 Å². The van der Waals surface area contributed by atoms with Gasteiger partial charge in [-0.1, -0.05) is 11.6 Å². The first-order valence-corrected chi connectivity index (χ1v) is 4.48. The Hall–Kier alpha value is -1.29. The van der Waals surface area contributed by atoms with Crippen LogP contribution in [0, 0.1) is 0 Å². The lowest BCUT2D eigenvalue weighted by atomic mass is 10.3. The number of carbonyl (C=O) groups excluding carboxylic acids is 1. The molecule has 0 bridgehead atoms. The van der Waals surface area contributed by atoms with Crippen LogP contribution < -0.4 is 5.32 Å². The summed E-state index contributed by atoms with van der Waals surface area (Å²) < 4.78 is 4.56. The summed E-state index contributed by atoms with van der Waals surface area (Å²) in [6, 6.07) is 3.04. The number of anilines is 1. The maximum absolute atomic E-state index is 11.1. The standard InChI is InChI=1S/C9H11ClN2O2/c1-6(9(13)14-2)12-7-4-3-5-11-8(7)10/h3-6,12H,1-2H3. The fourth-order valence-corrected chi connectivity index (χ4v) is 1.14. The minimum atomic E-state index is -0.443. The van der Waals surface area contributed by atoms with Crippen LogP contribution in [0.5, 0.6) is 0 Å². The number of nitrogens with one attached hydrogen (secondary N) is 1. The molecule has 0 aromatic carbocycles. The SMILES string of the molecule is COC(=O)C(C)Nc1cccnc1Cl. The van der Waals surface area contributed by atoms with Crippen molar-refractivity contribution in [2.75, 3.05) is 12.4 Å². The van der Waals surface area contributed by atoms with Crippen molar-refractivity contribution in [3.63, 3.8) is 0 Å². The van der Waals surface area contributed by atoms with E-state index < -0.39 is 6.04 Å². The highest BCUT2D eigenvalue weighted by atomic mass is 35.5. The van der Waals surface area contributed by atoms with Crippen molar-refractivity contribution >= 4 is 23.3 Å². The summed E-state index contributed by atoms with van der Waals surface area (Å²) >= 11 is 5.79. The molecule has 1 rings (SSSR count). The van der Waals surface area contributed by atoms with E-state index in [9.17, 15) is 4.79 Å². The third-order valence-corrected chi connectivity index (χ3v) is 1.99. The lowest BCUT2D eigenvalue weighted by molar-refractivity contribution is -0.141. The molecular formula is C9H11ClN2O2. The van der Waals surface area contributed by atoms with Gasteiger partial charge in [0.1, 0.15) is 6.04 Å². The minimum Gasteiger partial charge on any atom is -0.467 e. The normalized spacial score (nSPS) is 11.9. The number of nitrogens with zero attached hydrogens (tertiary/aromatic N) is 1. The molecule has 1 unspecified atom stereocenters. The van der Waals surface area contributed by atoms with Gasteiger partial charge >= 0.3 is 5.97 Å². The summed E-state index contributed by atoms with van der Waals surface area (Å²) in [5.74, 6) is -0.343. The van der Waals surface area contributed by atoms with Gasteiger partial charge in [0, 0.05) is 6.20 Å². The number of hydrogen-bond donors (Lipinski definition) is 1. The van der Waals surface area contributed by atoms with Crippen molar-refractivity contribution in [3.05, 3.63) is 23.5 Å². The number of rotatable bonds is 3. The molecule has 14 heavy (non-hydrogen) atoms. The van der Waals surface area contributed by atoms with E-state index in [1.165, 1.54) is 7.11 Å². The zero-order valence-electron chi connectivity index (χ0n) is 7.95. The van der Waals surface area contributed by atoms with E-state index >= 15 is 0 Å². The number of pyridine rings is 1. The molecule has 0 fully saturated rings. The summed E-state index contributed by atoms with van der Waals surface area (Å²) in [5, 5.41) is 3.23. The van der Waals surface area contributed by atoms with E-state index in [2.05, 4.69) is 15.0 Å². The lowest BCUT2D eigenvalue weighted by Crippen LogP contribution is -2.27. The van der Waals surface area contributed by atoms with Gasteiger partial charge in [-0.15, -0.1) is 0 Å². The quantitative estimate of drug-likeness (QED) is 0.615. The molecule has 1 atom stereocenters. The lowest BCUT2D eigenvalue weighted by Gasteiger charge is -2.12. The summed E-state index contributed by atoms with van der Waals surface area (Å²) in [5.41, 5.74) is 0.618.